The zero-order valence-electron chi connectivity index (χ0n) is 12.9. The van der Waals surface area contributed by atoms with Crippen molar-refractivity contribution in [2.24, 2.45) is 0 Å². The van der Waals surface area contributed by atoms with Crippen LogP contribution in [-0.4, -0.2) is 11.2 Å². The van der Waals surface area contributed by atoms with Gasteiger partial charge in [0, 0.05) is 21.4 Å². The van der Waals surface area contributed by atoms with Crippen molar-refractivity contribution in [2.75, 3.05) is 6.61 Å². The molecule has 2 nitrogen and oxygen atoms in total. The highest BCUT2D eigenvalue weighted by molar-refractivity contribution is 9.10. The Bertz CT molecular complexity index is 873. The Hall–Kier alpha value is -1.16. The normalized spacial score (nSPS) is 11.2. The highest BCUT2D eigenvalue weighted by atomic mass is 79.9. The second-order valence-corrected chi connectivity index (χ2v) is 7.01. The van der Waals surface area contributed by atoms with E-state index in [1.54, 1.807) is 6.07 Å². The van der Waals surface area contributed by atoms with Crippen LogP contribution in [0.2, 0.25) is 10.0 Å². The van der Waals surface area contributed by atoms with Crippen LogP contribution in [0, 0.1) is 6.92 Å². The Kier molecular flexibility index (Phi) is 4.90. The number of rotatable bonds is 4. The smallest absolute Gasteiger partial charge is 0.147 e. The van der Waals surface area contributed by atoms with Crippen molar-refractivity contribution in [1.82, 2.24) is 4.57 Å². The Labute approximate surface area is 154 Å². The van der Waals surface area contributed by atoms with Crippen molar-refractivity contribution in [3.05, 3.63) is 62.2 Å². The lowest BCUT2D eigenvalue weighted by atomic mass is 10.2. The molecule has 2 aromatic carbocycles. The Morgan fingerprint density at radius 2 is 1.91 bits per heavy atom. The number of halogens is 3. The van der Waals surface area contributed by atoms with Gasteiger partial charge in [0.1, 0.15) is 5.75 Å². The maximum Gasteiger partial charge on any atom is 0.147 e. The molecule has 0 N–H and O–H groups in total. The van der Waals surface area contributed by atoms with Crippen molar-refractivity contribution in [1.29, 1.82) is 0 Å². The van der Waals surface area contributed by atoms with E-state index in [1.807, 2.05) is 38.1 Å². The highest BCUT2D eigenvalue weighted by Gasteiger charge is 2.19. The Balaban J connectivity index is 2.24. The third-order valence-corrected chi connectivity index (χ3v) is 5.13. The van der Waals surface area contributed by atoms with Crippen LogP contribution in [0.4, 0.5) is 0 Å². The van der Waals surface area contributed by atoms with Crippen LogP contribution < -0.4 is 4.74 Å². The lowest BCUT2D eigenvalue weighted by molar-refractivity contribution is 0.340. The lowest BCUT2D eigenvalue weighted by Crippen LogP contribution is -2.03. The molecule has 23 heavy (non-hydrogen) atoms. The van der Waals surface area contributed by atoms with E-state index in [9.17, 15) is 0 Å². The minimum absolute atomic E-state index is 0.596. The van der Waals surface area contributed by atoms with Crippen molar-refractivity contribution in [3.8, 4) is 5.75 Å². The summed E-state index contributed by atoms with van der Waals surface area (Å²) in [5.41, 5.74) is 3.18. The van der Waals surface area contributed by atoms with E-state index < -0.39 is 0 Å². The SMILES string of the molecule is CCOc1c(C)n(Cc2ccccc2Br)c2c(Cl)cc(Cl)cc12. The summed E-state index contributed by atoms with van der Waals surface area (Å²) in [5.74, 6) is 0.846. The van der Waals surface area contributed by atoms with Gasteiger partial charge in [-0.2, -0.15) is 0 Å². The molecule has 0 aliphatic carbocycles. The van der Waals surface area contributed by atoms with Gasteiger partial charge in [-0.3, -0.25) is 0 Å². The molecule has 3 aromatic rings. The van der Waals surface area contributed by atoms with Gasteiger partial charge in [0.25, 0.3) is 0 Å². The molecule has 0 amide bonds. The van der Waals surface area contributed by atoms with E-state index in [-0.39, 0.29) is 0 Å². The number of hydrogen-bond donors (Lipinski definition) is 0. The largest absolute Gasteiger partial charge is 0.491 e. The van der Waals surface area contributed by atoms with Crippen molar-refractivity contribution >= 4 is 50.0 Å². The van der Waals surface area contributed by atoms with E-state index in [2.05, 4.69) is 26.6 Å². The van der Waals surface area contributed by atoms with Gasteiger partial charge in [-0.15, -0.1) is 0 Å². The first-order valence-corrected chi connectivity index (χ1v) is 8.91. The first-order chi connectivity index (χ1) is 11.0. The quantitative estimate of drug-likeness (QED) is 0.479. The van der Waals surface area contributed by atoms with E-state index >= 15 is 0 Å². The fourth-order valence-corrected chi connectivity index (χ4v) is 3.83. The van der Waals surface area contributed by atoms with Gasteiger partial charge in [0.15, 0.2) is 0 Å². The molecule has 0 bridgehead atoms. The van der Waals surface area contributed by atoms with Crippen LogP contribution in [0.5, 0.6) is 5.75 Å². The molecule has 0 aliphatic rings. The fourth-order valence-electron chi connectivity index (χ4n) is 2.82. The second-order valence-electron chi connectivity index (χ2n) is 5.31. The van der Waals surface area contributed by atoms with Crippen molar-refractivity contribution < 1.29 is 4.74 Å². The van der Waals surface area contributed by atoms with Gasteiger partial charge in [-0.1, -0.05) is 57.3 Å². The van der Waals surface area contributed by atoms with E-state index in [0.717, 1.165) is 26.8 Å². The van der Waals surface area contributed by atoms with Gasteiger partial charge in [-0.25, -0.2) is 0 Å². The maximum atomic E-state index is 6.49. The van der Waals surface area contributed by atoms with Crippen LogP contribution >= 0.6 is 39.1 Å². The topological polar surface area (TPSA) is 14.2 Å². The predicted molar refractivity (Wildman–Crippen MR) is 101 cm³/mol. The highest BCUT2D eigenvalue weighted by Crippen LogP contribution is 2.39. The summed E-state index contributed by atoms with van der Waals surface area (Å²) >= 11 is 16.3. The van der Waals surface area contributed by atoms with Crippen molar-refractivity contribution in [3.63, 3.8) is 0 Å². The average molecular weight is 413 g/mol. The molecule has 0 atom stereocenters. The maximum absolute atomic E-state index is 6.49. The minimum atomic E-state index is 0.596. The van der Waals surface area contributed by atoms with Gasteiger partial charge in [0.05, 0.1) is 22.8 Å². The van der Waals surface area contributed by atoms with Gasteiger partial charge >= 0.3 is 0 Å². The molecule has 5 heteroatoms. The fraction of sp³-hybridized carbons (Fsp3) is 0.222. The molecule has 0 aliphatic heterocycles. The number of nitrogens with zero attached hydrogens (tertiary/aromatic N) is 1. The summed E-state index contributed by atoms with van der Waals surface area (Å²) in [6.07, 6.45) is 0. The number of hydrogen-bond acceptors (Lipinski definition) is 1. The Morgan fingerprint density at radius 1 is 1.17 bits per heavy atom. The molecule has 0 saturated heterocycles. The van der Waals surface area contributed by atoms with Gasteiger partial charge in [-0.05, 0) is 37.6 Å². The third kappa shape index (κ3) is 3.10. The Morgan fingerprint density at radius 3 is 2.61 bits per heavy atom. The number of benzene rings is 2. The second kappa shape index (κ2) is 6.76. The van der Waals surface area contributed by atoms with Crippen LogP contribution in [0.15, 0.2) is 40.9 Å². The molecular weight excluding hydrogens is 397 g/mol. The molecule has 1 heterocycles. The summed E-state index contributed by atoms with van der Waals surface area (Å²) in [7, 11) is 0. The molecule has 0 spiro atoms. The molecule has 120 valence electrons. The molecule has 1 aromatic heterocycles. The predicted octanol–water partition coefficient (Wildman–Crippen LogP) is 6.47. The number of fused-ring (bicyclic) bond motifs is 1. The zero-order valence-corrected chi connectivity index (χ0v) is 16.0. The van der Waals surface area contributed by atoms with Crippen LogP contribution in [0.25, 0.3) is 10.9 Å². The third-order valence-electron chi connectivity index (χ3n) is 3.85. The summed E-state index contributed by atoms with van der Waals surface area (Å²) in [6, 6.07) is 11.9. The number of ether oxygens (including phenoxy) is 1. The molecule has 0 saturated carbocycles. The molecule has 0 unspecified atom stereocenters. The van der Waals surface area contributed by atoms with Gasteiger partial charge < -0.3 is 9.30 Å². The van der Waals surface area contributed by atoms with Crippen LogP contribution in [0.1, 0.15) is 18.2 Å². The molecule has 3 rings (SSSR count). The minimum Gasteiger partial charge on any atom is -0.491 e. The molecule has 0 radical (unpaired) electrons. The first kappa shape index (κ1) is 16.7. The zero-order chi connectivity index (χ0) is 16.6. The lowest BCUT2D eigenvalue weighted by Gasteiger charge is -2.11. The van der Waals surface area contributed by atoms with Crippen LogP contribution in [-0.2, 0) is 6.54 Å². The molecule has 0 fully saturated rings. The van der Waals surface area contributed by atoms with Gasteiger partial charge in [0.2, 0.25) is 0 Å². The summed E-state index contributed by atoms with van der Waals surface area (Å²) in [5, 5.41) is 2.20. The van der Waals surface area contributed by atoms with E-state index in [1.165, 1.54) is 5.56 Å². The summed E-state index contributed by atoms with van der Waals surface area (Å²) in [4.78, 5) is 0. The average Bonchev–Trinajstić information content (AvgIpc) is 2.75. The van der Waals surface area contributed by atoms with E-state index in [4.69, 9.17) is 27.9 Å². The number of aromatic nitrogens is 1. The van der Waals surface area contributed by atoms with E-state index in [0.29, 0.717) is 23.2 Å². The first-order valence-electron chi connectivity index (χ1n) is 7.37. The molecular formula is C18H16BrCl2NO. The standard InChI is InChI=1S/C18H16BrCl2NO/c1-3-23-18-11(2)22(10-12-6-4-5-7-15(12)19)17-14(18)8-13(20)9-16(17)21/h4-9H,3,10H2,1-2H3. The summed E-state index contributed by atoms with van der Waals surface area (Å²) in [6.45, 7) is 5.33. The van der Waals surface area contributed by atoms with Crippen molar-refractivity contribution in [2.45, 2.75) is 20.4 Å². The monoisotopic (exact) mass is 411 g/mol. The summed E-state index contributed by atoms with van der Waals surface area (Å²) < 4.78 is 9.11. The van der Waals surface area contributed by atoms with Crippen LogP contribution in [0.3, 0.4) is 0 Å².